The maximum absolute atomic E-state index is 14.1. The van der Waals surface area contributed by atoms with Gasteiger partial charge in [-0.25, -0.2) is 9.37 Å². The van der Waals surface area contributed by atoms with Gasteiger partial charge in [-0.3, -0.25) is 0 Å². The summed E-state index contributed by atoms with van der Waals surface area (Å²) < 4.78 is 28.0. The Morgan fingerprint density at radius 2 is 1.87 bits per heavy atom. The first-order valence-corrected chi connectivity index (χ1v) is 14.1. The molecule has 0 aliphatic heterocycles. The summed E-state index contributed by atoms with van der Waals surface area (Å²) in [6.07, 6.45) is 3.36. The first-order valence-electron chi connectivity index (χ1n) is 10.4. The molecule has 1 heterocycles. The number of ether oxygens (including phenoxy) is 2. The van der Waals surface area contributed by atoms with E-state index in [1.54, 1.807) is 12.3 Å². The normalized spacial score (nSPS) is 12.8. The SMILES string of the molecule is CC(OCc1ccccc1)c1cc(F)ccc1-c1nccn1COCC[Si](C)(C)C. The van der Waals surface area contributed by atoms with Gasteiger partial charge in [-0.1, -0.05) is 50.0 Å². The van der Waals surface area contributed by atoms with Crippen molar-refractivity contribution in [1.82, 2.24) is 9.55 Å². The minimum absolute atomic E-state index is 0.283. The van der Waals surface area contributed by atoms with Crippen LogP contribution in [0.5, 0.6) is 0 Å². The van der Waals surface area contributed by atoms with Gasteiger partial charge in [-0.05, 0) is 42.3 Å². The van der Waals surface area contributed by atoms with Crippen molar-refractivity contribution in [2.75, 3.05) is 6.61 Å². The van der Waals surface area contributed by atoms with E-state index >= 15 is 0 Å². The topological polar surface area (TPSA) is 36.3 Å². The smallest absolute Gasteiger partial charge is 0.142 e. The van der Waals surface area contributed by atoms with Crippen LogP contribution in [0.15, 0.2) is 60.9 Å². The second-order valence-electron chi connectivity index (χ2n) is 8.74. The average molecular weight is 427 g/mol. The number of benzene rings is 2. The molecule has 0 saturated heterocycles. The van der Waals surface area contributed by atoms with Gasteiger partial charge in [-0.15, -0.1) is 0 Å². The van der Waals surface area contributed by atoms with E-state index in [1.165, 1.54) is 12.1 Å². The molecule has 0 fully saturated rings. The zero-order chi connectivity index (χ0) is 21.6. The fourth-order valence-electron chi connectivity index (χ4n) is 3.16. The molecule has 0 N–H and O–H groups in total. The molecule has 1 unspecified atom stereocenters. The van der Waals surface area contributed by atoms with Crippen molar-refractivity contribution in [3.05, 3.63) is 77.9 Å². The summed E-state index contributed by atoms with van der Waals surface area (Å²) in [4.78, 5) is 4.52. The number of hydrogen-bond acceptors (Lipinski definition) is 3. The first-order chi connectivity index (χ1) is 14.3. The van der Waals surface area contributed by atoms with E-state index < -0.39 is 8.07 Å². The standard InChI is InChI=1S/C24H31FN2O2Si/c1-19(29-17-20-8-6-5-7-9-20)23-16-21(25)10-11-22(23)24-26-12-13-27(24)18-28-14-15-30(2,3)4/h5-13,16,19H,14-15,17-18H2,1-4H3. The highest BCUT2D eigenvalue weighted by atomic mass is 28.3. The van der Waals surface area contributed by atoms with Crippen molar-refractivity contribution >= 4 is 8.07 Å². The maximum Gasteiger partial charge on any atom is 0.142 e. The minimum atomic E-state index is -1.13. The number of aromatic nitrogens is 2. The predicted octanol–water partition coefficient (Wildman–Crippen LogP) is 6.28. The molecular weight excluding hydrogens is 395 g/mol. The first kappa shape index (κ1) is 22.4. The molecule has 0 amide bonds. The fraction of sp³-hybridized carbons (Fsp3) is 0.375. The average Bonchev–Trinajstić information content (AvgIpc) is 3.18. The molecule has 0 saturated carbocycles. The summed E-state index contributed by atoms with van der Waals surface area (Å²) >= 11 is 0. The highest BCUT2D eigenvalue weighted by Crippen LogP contribution is 2.30. The van der Waals surface area contributed by atoms with E-state index in [1.807, 2.05) is 48.0 Å². The van der Waals surface area contributed by atoms with Crippen LogP contribution in [0, 0.1) is 5.82 Å². The molecule has 0 aliphatic carbocycles. The molecule has 4 nitrogen and oxygen atoms in total. The lowest BCUT2D eigenvalue weighted by atomic mass is 10.0. The number of rotatable bonds is 10. The predicted molar refractivity (Wildman–Crippen MR) is 121 cm³/mol. The number of nitrogens with zero attached hydrogens (tertiary/aromatic N) is 2. The van der Waals surface area contributed by atoms with Crippen molar-refractivity contribution in [1.29, 1.82) is 0 Å². The lowest BCUT2D eigenvalue weighted by Gasteiger charge is -2.19. The zero-order valence-corrected chi connectivity index (χ0v) is 19.3. The molecule has 30 heavy (non-hydrogen) atoms. The summed E-state index contributed by atoms with van der Waals surface area (Å²) in [5.74, 6) is 0.474. The van der Waals surface area contributed by atoms with Crippen LogP contribution in [0.25, 0.3) is 11.4 Å². The van der Waals surface area contributed by atoms with Gasteiger partial charge in [0, 0.05) is 32.6 Å². The van der Waals surface area contributed by atoms with Crippen LogP contribution < -0.4 is 0 Å². The molecule has 6 heteroatoms. The second-order valence-corrected chi connectivity index (χ2v) is 14.4. The molecular formula is C24H31FN2O2Si. The van der Waals surface area contributed by atoms with Crippen LogP contribution in [0.1, 0.15) is 24.2 Å². The van der Waals surface area contributed by atoms with Gasteiger partial charge in [0.1, 0.15) is 18.4 Å². The van der Waals surface area contributed by atoms with Crippen LogP contribution in [-0.2, 0) is 22.8 Å². The van der Waals surface area contributed by atoms with E-state index in [0.717, 1.165) is 35.2 Å². The Bertz CT molecular complexity index is 938. The lowest BCUT2D eigenvalue weighted by Crippen LogP contribution is -2.22. The molecule has 3 rings (SSSR count). The van der Waals surface area contributed by atoms with Gasteiger partial charge in [0.2, 0.25) is 0 Å². The molecule has 0 aliphatic rings. The largest absolute Gasteiger partial charge is 0.369 e. The van der Waals surface area contributed by atoms with Gasteiger partial charge >= 0.3 is 0 Å². The molecule has 0 spiro atoms. The molecule has 0 bridgehead atoms. The monoisotopic (exact) mass is 426 g/mol. The Morgan fingerprint density at radius 1 is 1.10 bits per heavy atom. The third kappa shape index (κ3) is 6.36. The maximum atomic E-state index is 14.1. The van der Waals surface area contributed by atoms with E-state index in [2.05, 4.69) is 24.6 Å². The van der Waals surface area contributed by atoms with Crippen LogP contribution in [0.4, 0.5) is 4.39 Å². The van der Waals surface area contributed by atoms with Crippen molar-refractivity contribution in [2.45, 2.75) is 52.1 Å². The fourth-order valence-corrected chi connectivity index (χ4v) is 3.91. The van der Waals surface area contributed by atoms with Crippen LogP contribution >= 0.6 is 0 Å². The van der Waals surface area contributed by atoms with Crippen molar-refractivity contribution in [3.63, 3.8) is 0 Å². The van der Waals surface area contributed by atoms with Gasteiger partial charge in [-0.2, -0.15) is 0 Å². The summed E-state index contributed by atoms with van der Waals surface area (Å²) in [5, 5.41) is 0. The highest BCUT2D eigenvalue weighted by Gasteiger charge is 2.18. The van der Waals surface area contributed by atoms with Crippen molar-refractivity contribution in [2.24, 2.45) is 0 Å². The van der Waals surface area contributed by atoms with Gasteiger partial charge < -0.3 is 14.0 Å². The molecule has 3 aromatic rings. The molecule has 1 atom stereocenters. The van der Waals surface area contributed by atoms with E-state index in [4.69, 9.17) is 9.47 Å². The summed E-state index contributed by atoms with van der Waals surface area (Å²) in [5.41, 5.74) is 2.72. The Balaban J connectivity index is 1.74. The van der Waals surface area contributed by atoms with Gasteiger partial charge in [0.25, 0.3) is 0 Å². The van der Waals surface area contributed by atoms with Gasteiger partial charge in [0.15, 0.2) is 0 Å². The summed E-state index contributed by atoms with van der Waals surface area (Å²) in [6.45, 7) is 10.6. The van der Waals surface area contributed by atoms with Crippen molar-refractivity contribution < 1.29 is 13.9 Å². The Kier molecular flexibility index (Phi) is 7.58. The van der Waals surface area contributed by atoms with Crippen LogP contribution in [0.2, 0.25) is 25.7 Å². The Morgan fingerprint density at radius 3 is 2.60 bits per heavy atom. The second kappa shape index (κ2) is 10.2. The third-order valence-electron chi connectivity index (χ3n) is 4.98. The van der Waals surface area contributed by atoms with E-state index in [-0.39, 0.29) is 11.9 Å². The summed E-state index contributed by atoms with van der Waals surface area (Å²) in [7, 11) is -1.13. The van der Waals surface area contributed by atoms with Gasteiger partial charge in [0.05, 0.1) is 12.7 Å². The van der Waals surface area contributed by atoms with Crippen molar-refractivity contribution in [3.8, 4) is 11.4 Å². The molecule has 2 aromatic carbocycles. The highest BCUT2D eigenvalue weighted by molar-refractivity contribution is 6.76. The third-order valence-corrected chi connectivity index (χ3v) is 6.68. The summed E-state index contributed by atoms with van der Waals surface area (Å²) in [6, 6.07) is 15.9. The van der Waals surface area contributed by atoms with Crippen LogP contribution in [-0.4, -0.2) is 24.2 Å². The number of halogens is 1. The molecule has 160 valence electrons. The minimum Gasteiger partial charge on any atom is -0.369 e. The lowest BCUT2D eigenvalue weighted by molar-refractivity contribution is 0.0526. The van der Waals surface area contributed by atoms with E-state index in [0.29, 0.717) is 13.3 Å². The number of hydrogen-bond donors (Lipinski definition) is 0. The Hall–Kier alpha value is -2.28. The molecule has 1 aromatic heterocycles. The molecule has 0 radical (unpaired) electrons. The van der Waals surface area contributed by atoms with Crippen LogP contribution in [0.3, 0.4) is 0 Å². The zero-order valence-electron chi connectivity index (χ0n) is 18.3. The van der Waals surface area contributed by atoms with E-state index in [9.17, 15) is 4.39 Å². The number of imidazole rings is 1. The Labute approximate surface area is 179 Å². The quantitative estimate of drug-likeness (QED) is 0.283.